The van der Waals surface area contributed by atoms with Crippen LogP contribution in [0.3, 0.4) is 0 Å². The van der Waals surface area contributed by atoms with Gasteiger partial charge >= 0.3 is 0 Å². The molecule has 0 bridgehead atoms. The van der Waals surface area contributed by atoms with Crippen molar-refractivity contribution in [3.63, 3.8) is 0 Å². The van der Waals surface area contributed by atoms with Gasteiger partial charge in [0, 0.05) is 24.7 Å². The van der Waals surface area contributed by atoms with Crippen molar-refractivity contribution >= 4 is 24.4 Å². The van der Waals surface area contributed by atoms with Gasteiger partial charge in [-0.2, -0.15) is 12.6 Å². The zero-order valence-electron chi connectivity index (χ0n) is 11.1. The minimum Gasteiger partial charge on any atom is -0.297 e. The van der Waals surface area contributed by atoms with Crippen LogP contribution >= 0.6 is 12.6 Å². The van der Waals surface area contributed by atoms with E-state index in [4.69, 9.17) is 0 Å². The molecule has 1 atom stereocenters. The summed E-state index contributed by atoms with van der Waals surface area (Å²) in [6, 6.07) is 14.0. The van der Waals surface area contributed by atoms with Crippen LogP contribution in [0.4, 0.5) is 5.82 Å². The Kier molecular flexibility index (Phi) is 3.74. The minimum atomic E-state index is 0.143. The highest BCUT2D eigenvalue weighted by molar-refractivity contribution is 7.80. The summed E-state index contributed by atoms with van der Waals surface area (Å²) in [5.74, 6) is 1.95. The number of thiol groups is 1. The van der Waals surface area contributed by atoms with Gasteiger partial charge in [-0.25, -0.2) is 4.98 Å². The molecule has 102 valence electrons. The third-order valence-corrected chi connectivity index (χ3v) is 4.11. The first-order valence-electron chi connectivity index (χ1n) is 6.70. The maximum Gasteiger partial charge on any atom is 0.228 e. The molecule has 2 aromatic rings. The lowest BCUT2D eigenvalue weighted by Gasteiger charge is -2.15. The molecule has 1 amide bonds. The Morgan fingerprint density at radius 1 is 1.15 bits per heavy atom. The fourth-order valence-corrected chi connectivity index (χ4v) is 2.72. The van der Waals surface area contributed by atoms with E-state index in [-0.39, 0.29) is 5.91 Å². The average Bonchev–Trinajstić information content (AvgIpc) is 2.89. The van der Waals surface area contributed by atoms with Gasteiger partial charge < -0.3 is 0 Å². The number of rotatable bonds is 3. The van der Waals surface area contributed by atoms with Crippen LogP contribution in [0, 0.1) is 5.92 Å². The summed E-state index contributed by atoms with van der Waals surface area (Å²) in [5.41, 5.74) is 2.19. The van der Waals surface area contributed by atoms with Crippen LogP contribution in [0.1, 0.15) is 6.42 Å². The molecule has 1 aromatic heterocycles. The van der Waals surface area contributed by atoms with E-state index in [1.54, 1.807) is 4.90 Å². The van der Waals surface area contributed by atoms with Crippen molar-refractivity contribution in [3.05, 3.63) is 48.7 Å². The molecule has 1 saturated heterocycles. The molecule has 4 heteroatoms. The molecular formula is C16H16N2OS. The molecule has 3 rings (SSSR count). The van der Waals surface area contributed by atoms with E-state index in [1.165, 1.54) is 0 Å². The van der Waals surface area contributed by atoms with Crippen molar-refractivity contribution in [1.29, 1.82) is 0 Å². The van der Waals surface area contributed by atoms with E-state index in [1.807, 2.05) is 36.5 Å². The molecule has 20 heavy (non-hydrogen) atoms. The first-order valence-corrected chi connectivity index (χ1v) is 7.34. The molecule has 0 saturated carbocycles. The van der Waals surface area contributed by atoms with Crippen LogP contribution in [-0.4, -0.2) is 23.2 Å². The predicted molar refractivity (Wildman–Crippen MR) is 84.0 cm³/mol. The molecule has 1 aliphatic rings. The second kappa shape index (κ2) is 5.67. The molecule has 1 aliphatic heterocycles. The van der Waals surface area contributed by atoms with E-state index in [0.717, 1.165) is 29.2 Å². The van der Waals surface area contributed by atoms with Crippen molar-refractivity contribution in [3.8, 4) is 11.1 Å². The fourth-order valence-electron chi connectivity index (χ4n) is 2.47. The maximum absolute atomic E-state index is 12.0. The summed E-state index contributed by atoms with van der Waals surface area (Å²) in [7, 11) is 0. The van der Waals surface area contributed by atoms with Gasteiger partial charge in [0.1, 0.15) is 5.82 Å². The molecule has 0 N–H and O–H groups in total. The summed E-state index contributed by atoms with van der Waals surface area (Å²) in [4.78, 5) is 18.1. The van der Waals surface area contributed by atoms with Gasteiger partial charge in [0.15, 0.2) is 0 Å². The summed E-state index contributed by atoms with van der Waals surface area (Å²) >= 11 is 4.27. The number of carbonyl (C=O) groups is 1. The third kappa shape index (κ3) is 2.56. The first kappa shape index (κ1) is 13.2. The number of nitrogens with zero attached hydrogens (tertiary/aromatic N) is 2. The Morgan fingerprint density at radius 2 is 1.95 bits per heavy atom. The number of hydrogen-bond donors (Lipinski definition) is 1. The Morgan fingerprint density at radius 3 is 2.55 bits per heavy atom. The number of pyridine rings is 1. The van der Waals surface area contributed by atoms with Crippen LogP contribution in [0.25, 0.3) is 11.1 Å². The number of hydrogen-bond acceptors (Lipinski definition) is 3. The lowest BCUT2D eigenvalue weighted by molar-refractivity contribution is -0.117. The van der Waals surface area contributed by atoms with E-state index < -0.39 is 0 Å². The lowest BCUT2D eigenvalue weighted by atomic mass is 10.1. The standard InChI is InChI=1S/C16H16N2OS/c19-16-8-12(11-20)10-18(16)15-7-6-14(9-17-15)13-4-2-1-3-5-13/h1-7,9,12,20H,8,10-11H2. The van der Waals surface area contributed by atoms with Crippen LogP contribution < -0.4 is 4.90 Å². The zero-order valence-corrected chi connectivity index (χ0v) is 12.0. The number of amides is 1. The highest BCUT2D eigenvalue weighted by atomic mass is 32.1. The minimum absolute atomic E-state index is 0.143. The fraction of sp³-hybridized carbons (Fsp3) is 0.250. The molecule has 0 spiro atoms. The van der Waals surface area contributed by atoms with Crippen molar-refractivity contribution in [1.82, 2.24) is 4.98 Å². The molecule has 2 heterocycles. The monoisotopic (exact) mass is 284 g/mol. The van der Waals surface area contributed by atoms with E-state index in [9.17, 15) is 4.79 Å². The van der Waals surface area contributed by atoms with Crippen molar-refractivity contribution < 1.29 is 4.79 Å². The number of benzene rings is 1. The average molecular weight is 284 g/mol. The largest absolute Gasteiger partial charge is 0.297 e. The van der Waals surface area contributed by atoms with E-state index in [0.29, 0.717) is 12.3 Å². The van der Waals surface area contributed by atoms with E-state index in [2.05, 4.69) is 29.7 Å². The molecule has 1 unspecified atom stereocenters. The SMILES string of the molecule is O=C1CC(CS)CN1c1ccc(-c2ccccc2)cn1. The van der Waals surface area contributed by atoms with Gasteiger partial charge in [0.2, 0.25) is 5.91 Å². The van der Waals surface area contributed by atoms with E-state index >= 15 is 0 Å². The Bertz CT molecular complexity index is 598. The smallest absolute Gasteiger partial charge is 0.228 e. The maximum atomic E-state index is 12.0. The number of anilines is 1. The zero-order chi connectivity index (χ0) is 13.9. The first-order chi connectivity index (χ1) is 9.78. The molecule has 1 fully saturated rings. The summed E-state index contributed by atoms with van der Waals surface area (Å²) in [6.45, 7) is 0.722. The predicted octanol–water partition coefficient (Wildman–Crippen LogP) is 3.03. The van der Waals surface area contributed by atoms with Crippen LogP contribution in [0.2, 0.25) is 0 Å². The van der Waals surface area contributed by atoms with Gasteiger partial charge in [-0.1, -0.05) is 30.3 Å². The van der Waals surface area contributed by atoms with Gasteiger partial charge in [-0.3, -0.25) is 9.69 Å². The lowest BCUT2D eigenvalue weighted by Crippen LogP contribution is -2.25. The molecule has 0 aliphatic carbocycles. The Labute approximate surface area is 124 Å². The topological polar surface area (TPSA) is 33.2 Å². The van der Waals surface area contributed by atoms with Crippen molar-refractivity contribution in [2.24, 2.45) is 5.92 Å². The third-order valence-electron chi connectivity index (χ3n) is 3.59. The molecule has 0 radical (unpaired) electrons. The Hall–Kier alpha value is -1.81. The van der Waals surface area contributed by atoms with Gasteiger partial charge in [0.25, 0.3) is 0 Å². The second-order valence-electron chi connectivity index (χ2n) is 5.03. The van der Waals surface area contributed by atoms with Gasteiger partial charge in [-0.15, -0.1) is 0 Å². The summed E-state index contributed by atoms with van der Waals surface area (Å²) < 4.78 is 0. The van der Waals surface area contributed by atoms with Crippen molar-refractivity contribution in [2.75, 3.05) is 17.2 Å². The normalized spacial score (nSPS) is 18.6. The summed E-state index contributed by atoms with van der Waals surface area (Å²) in [6.07, 6.45) is 2.40. The quantitative estimate of drug-likeness (QED) is 0.879. The molecule has 3 nitrogen and oxygen atoms in total. The van der Waals surface area contributed by atoms with Crippen LogP contribution in [0.5, 0.6) is 0 Å². The second-order valence-corrected chi connectivity index (χ2v) is 5.39. The van der Waals surface area contributed by atoms with Crippen molar-refractivity contribution in [2.45, 2.75) is 6.42 Å². The summed E-state index contributed by atoms with van der Waals surface area (Å²) in [5, 5.41) is 0. The van der Waals surface area contributed by atoms with Crippen LogP contribution in [-0.2, 0) is 4.79 Å². The number of carbonyl (C=O) groups excluding carboxylic acids is 1. The molecule has 1 aromatic carbocycles. The Balaban J connectivity index is 1.82. The molecular weight excluding hydrogens is 268 g/mol. The number of aromatic nitrogens is 1. The highest BCUT2D eigenvalue weighted by Gasteiger charge is 2.30. The highest BCUT2D eigenvalue weighted by Crippen LogP contribution is 2.26. The van der Waals surface area contributed by atoms with Gasteiger partial charge in [-0.05, 0) is 29.4 Å². The van der Waals surface area contributed by atoms with Crippen LogP contribution in [0.15, 0.2) is 48.7 Å². The van der Waals surface area contributed by atoms with Gasteiger partial charge in [0.05, 0.1) is 0 Å².